The van der Waals surface area contributed by atoms with Crippen molar-refractivity contribution in [1.29, 1.82) is 0 Å². The van der Waals surface area contributed by atoms with E-state index in [1.807, 2.05) is 6.92 Å². The molecular weight excluding hydrogens is 198 g/mol. The third-order valence-electron chi connectivity index (χ3n) is 2.89. The number of anilines is 1. The lowest BCUT2D eigenvalue weighted by Gasteiger charge is -2.40. The van der Waals surface area contributed by atoms with E-state index in [4.69, 9.17) is 0 Å². The van der Waals surface area contributed by atoms with Crippen molar-refractivity contribution in [1.82, 2.24) is 10.2 Å². The first-order valence-corrected chi connectivity index (χ1v) is 5.71. The molecule has 1 aliphatic carbocycles. The minimum absolute atomic E-state index is 0.111. The lowest BCUT2D eigenvalue weighted by atomic mass is 9.69. The average molecular weight is 213 g/mol. The maximum Gasteiger partial charge on any atom is 0.205 e. The van der Waals surface area contributed by atoms with Crippen molar-refractivity contribution in [2.45, 2.75) is 26.2 Å². The van der Waals surface area contributed by atoms with Crippen LogP contribution in [0, 0.1) is 12.3 Å². The minimum Gasteiger partial charge on any atom is -0.396 e. The van der Waals surface area contributed by atoms with Crippen LogP contribution in [0.3, 0.4) is 0 Å². The molecule has 78 valence electrons. The Hall–Kier alpha value is -0.680. The van der Waals surface area contributed by atoms with Crippen molar-refractivity contribution < 1.29 is 5.11 Å². The second kappa shape index (κ2) is 3.82. The van der Waals surface area contributed by atoms with Gasteiger partial charge in [0.25, 0.3) is 0 Å². The maximum atomic E-state index is 9.25. The lowest BCUT2D eigenvalue weighted by Crippen LogP contribution is -2.39. The molecule has 1 aliphatic rings. The van der Waals surface area contributed by atoms with Crippen molar-refractivity contribution >= 4 is 16.5 Å². The highest BCUT2D eigenvalue weighted by molar-refractivity contribution is 7.15. The van der Waals surface area contributed by atoms with Crippen molar-refractivity contribution in [2.24, 2.45) is 5.41 Å². The van der Waals surface area contributed by atoms with Crippen LogP contribution in [-0.2, 0) is 0 Å². The molecule has 2 rings (SSSR count). The molecule has 0 unspecified atom stereocenters. The Labute approximate surface area is 87.4 Å². The van der Waals surface area contributed by atoms with Crippen LogP contribution >= 0.6 is 11.3 Å². The number of rotatable bonds is 4. The van der Waals surface area contributed by atoms with Gasteiger partial charge in [0.05, 0.1) is 6.61 Å². The predicted molar refractivity (Wildman–Crippen MR) is 56.5 cm³/mol. The predicted octanol–water partition coefficient (Wildman–Crippen LogP) is 1.42. The molecule has 1 heterocycles. The van der Waals surface area contributed by atoms with Gasteiger partial charge in [-0.05, 0) is 19.8 Å². The number of aliphatic hydroxyl groups excluding tert-OH is 1. The zero-order chi connectivity index (χ0) is 10.0. The van der Waals surface area contributed by atoms with E-state index in [0.29, 0.717) is 0 Å². The molecule has 0 aliphatic heterocycles. The van der Waals surface area contributed by atoms with Crippen LogP contribution in [-0.4, -0.2) is 28.5 Å². The Morgan fingerprint density at radius 3 is 2.71 bits per heavy atom. The van der Waals surface area contributed by atoms with Gasteiger partial charge in [-0.25, -0.2) is 0 Å². The SMILES string of the molecule is Cc1nnc(NCC2(CO)CCC2)s1. The van der Waals surface area contributed by atoms with Crippen LogP contribution in [0.2, 0.25) is 0 Å². The van der Waals surface area contributed by atoms with Gasteiger partial charge < -0.3 is 10.4 Å². The Balaban J connectivity index is 1.87. The second-order valence-corrected chi connectivity index (χ2v) is 5.17. The number of aliphatic hydroxyl groups is 1. The van der Waals surface area contributed by atoms with Gasteiger partial charge in [-0.3, -0.25) is 0 Å². The molecule has 1 aromatic rings. The van der Waals surface area contributed by atoms with E-state index in [2.05, 4.69) is 15.5 Å². The summed E-state index contributed by atoms with van der Waals surface area (Å²) in [4.78, 5) is 0. The first kappa shape index (κ1) is 9.86. The Morgan fingerprint density at radius 1 is 1.50 bits per heavy atom. The summed E-state index contributed by atoms with van der Waals surface area (Å²) in [7, 11) is 0. The van der Waals surface area contributed by atoms with Crippen LogP contribution in [0.15, 0.2) is 0 Å². The smallest absolute Gasteiger partial charge is 0.205 e. The van der Waals surface area contributed by atoms with E-state index in [0.717, 1.165) is 29.5 Å². The van der Waals surface area contributed by atoms with Gasteiger partial charge in [-0.2, -0.15) is 0 Å². The molecule has 2 N–H and O–H groups in total. The van der Waals surface area contributed by atoms with E-state index in [-0.39, 0.29) is 12.0 Å². The van der Waals surface area contributed by atoms with Gasteiger partial charge in [0.15, 0.2) is 0 Å². The van der Waals surface area contributed by atoms with Crippen LogP contribution < -0.4 is 5.32 Å². The van der Waals surface area contributed by atoms with Gasteiger partial charge in [0, 0.05) is 12.0 Å². The minimum atomic E-state index is 0.111. The fourth-order valence-electron chi connectivity index (χ4n) is 1.70. The Morgan fingerprint density at radius 2 is 2.29 bits per heavy atom. The fraction of sp³-hybridized carbons (Fsp3) is 0.778. The van der Waals surface area contributed by atoms with Crippen molar-refractivity contribution in [3.63, 3.8) is 0 Å². The van der Waals surface area contributed by atoms with E-state index < -0.39 is 0 Å². The third kappa shape index (κ3) is 1.88. The quantitative estimate of drug-likeness (QED) is 0.794. The zero-order valence-corrected chi connectivity index (χ0v) is 9.10. The molecule has 0 bridgehead atoms. The summed E-state index contributed by atoms with van der Waals surface area (Å²) in [5, 5.41) is 22.2. The molecule has 0 radical (unpaired) electrons. The molecule has 5 heteroatoms. The largest absolute Gasteiger partial charge is 0.396 e. The third-order valence-corrected chi connectivity index (χ3v) is 3.69. The highest BCUT2D eigenvalue weighted by Gasteiger charge is 2.36. The molecule has 1 aromatic heterocycles. The van der Waals surface area contributed by atoms with Crippen molar-refractivity contribution in [3.05, 3.63) is 5.01 Å². The highest BCUT2D eigenvalue weighted by atomic mass is 32.1. The van der Waals surface area contributed by atoms with Crippen molar-refractivity contribution in [3.8, 4) is 0 Å². The summed E-state index contributed by atoms with van der Waals surface area (Å²) in [6.07, 6.45) is 3.47. The second-order valence-electron chi connectivity index (χ2n) is 3.99. The number of aromatic nitrogens is 2. The molecule has 0 spiro atoms. The first-order valence-electron chi connectivity index (χ1n) is 4.89. The standard InChI is InChI=1S/C9H15N3OS/c1-7-11-12-8(14-7)10-5-9(6-13)3-2-4-9/h13H,2-6H2,1H3,(H,10,12). The van der Waals surface area contributed by atoms with Gasteiger partial charge in [-0.15, -0.1) is 10.2 Å². The van der Waals surface area contributed by atoms with Gasteiger partial charge >= 0.3 is 0 Å². The molecule has 0 aromatic carbocycles. The normalized spacial score (nSPS) is 19.0. The lowest BCUT2D eigenvalue weighted by molar-refractivity contribution is 0.0576. The van der Waals surface area contributed by atoms with Gasteiger partial charge in [-0.1, -0.05) is 17.8 Å². The number of aryl methyl sites for hydroxylation is 1. The molecule has 0 amide bonds. The number of hydrogen-bond donors (Lipinski definition) is 2. The molecule has 14 heavy (non-hydrogen) atoms. The number of nitrogens with zero attached hydrogens (tertiary/aromatic N) is 2. The van der Waals surface area contributed by atoms with Gasteiger partial charge in [0.1, 0.15) is 5.01 Å². The van der Waals surface area contributed by atoms with E-state index in [1.54, 1.807) is 11.3 Å². The Kier molecular flexibility index (Phi) is 2.69. The van der Waals surface area contributed by atoms with Crippen LogP contribution in [0.5, 0.6) is 0 Å². The van der Waals surface area contributed by atoms with Crippen molar-refractivity contribution in [2.75, 3.05) is 18.5 Å². The Bertz CT molecular complexity index is 303. The van der Waals surface area contributed by atoms with E-state index in [9.17, 15) is 5.11 Å². The fourth-order valence-corrected chi connectivity index (χ4v) is 2.29. The topological polar surface area (TPSA) is 58.0 Å². The molecule has 1 saturated carbocycles. The molecule has 1 fully saturated rings. The highest BCUT2D eigenvalue weighted by Crippen LogP contribution is 2.40. The number of hydrogen-bond acceptors (Lipinski definition) is 5. The monoisotopic (exact) mass is 213 g/mol. The van der Waals surface area contributed by atoms with Crippen LogP contribution in [0.1, 0.15) is 24.3 Å². The molecule has 4 nitrogen and oxygen atoms in total. The molecule has 0 saturated heterocycles. The first-order chi connectivity index (χ1) is 6.74. The zero-order valence-electron chi connectivity index (χ0n) is 8.29. The van der Waals surface area contributed by atoms with Crippen LogP contribution in [0.25, 0.3) is 0 Å². The summed E-state index contributed by atoms with van der Waals surface area (Å²) in [6.45, 7) is 3.03. The number of nitrogens with one attached hydrogen (secondary N) is 1. The molecular formula is C9H15N3OS. The summed E-state index contributed by atoms with van der Waals surface area (Å²) < 4.78 is 0. The summed E-state index contributed by atoms with van der Waals surface area (Å²) in [5.41, 5.74) is 0.111. The van der Waals surface area contributed by atoms with E-state index >= 15 is 0 Å². The van der Waals surface area contributed by atoms with E-state index in [1.165, 1.54) is 6.42 Å². The molecule has 0 atom stereocenters. The van der Waals surface area contributed by atoms with Crippen LogP contribution in [0.4, 0.5) is 5.13 Å². The summed E-state index contributed by atoms with van der Waals surface area (Å²) in [5.74, 6) is 0. The maximum absolute atomic E-state index is 9.25. The summed E-state index contributed by atoms with van der Waals surface area (Å²) >= 11 is 1.56. The average Bonchev–Trinajstić information content (AvgIpc) is 2.50. The van der Waals surface area contributed by atoms with Gasteiger partial charge in [0.2, 0.25) is 5.13 Å². The summed E-state index contributed by atoms with van der Waals surface area (Å²) in [6, 6.07) is 0.